The van der Waals surface area contributed by atoms with Crippen LogP contribution >= 0.6 is 11.6 Å². The first-order valence-electron chi connectivity index (χ1n) is 6.49. The number of benzene rings is 1. The Labute approximate surface area is 127 Å². The molecule has 3 rings (SSSR count). The van der Waals surface area contributed by atoms with E-state index in [0.29, 0.717) is 18.1 Å². The van der Waals surface area contributed by atoms with Crippen molar-refractivity contribution in [3.63, 3.8) is 0 Å². The number of piperazine rings is 1. The number of hydrogen-bond acceptors (Lipinski definition) is 4. The number of urea groups is 1. The highest BCUT2D eigenvalue weighted by molar-refractivity contribution is 7.89. The lowest BCUT2D eigenvalue weighted by Gasteiger charge is -2.35. The van der Waals surface area contributed by atoms with Crippen LogP contribution in [0.25, 0.3) is 0 Å². The van der Waals surface area contributed by atoms with Gasteiger partial charge in [0.15, 0.2) is 0 Å². The lowest BCUT2D eigenvalue weighted by atomic mass is 10.2. The van der Waals surface area contributed by atoms with Gasteiger partial charge >= 0.3 is 6.03 Å². The molecule has 0 saturated carbocycles. The van der Waals surface area contributed by atoms with E-state index in [1.807, 2.05) is 0 Å². The highest BCUT2D eigenvalue weighted by Gasteiger charge is 2.40. The number of nitrogens with one attached hydrogen (secondary N) is 1. The van der Waals surface area contributed by atoms with Gasteiger partial charge in [0.1, 0.15) is 4.90 Å². The lowest BCUT2D eigenvalue weighted by Crippen LogP contribution is -2.53. The van der Waals surface area contributed by atoms with Crippen LogP contribution in [0.1, 0.15) is 0 Å². The normalized spacial score (nSPS) is 23.0. The number of carbonyl (C=O) groups excluding carboxylic acids is 1. The van der Waals surface area contributed by atoms with Crippen molar-refractivity contribution < 1.29 is 13.2 Å². The summed E-state index contributed by atoms with van der Waals surface area (Å²) >= 11 is 5.87. The molecule has 3 N–H and O–H groups in total. The molecule has 0 bridgehead atoms. The van der Waals surface area contributed by atoms with Crippen molar-refractivity contribution in [1.82, 2.24) is 14.5 Å². The molecule has 2 amide bonds. The van der Waals surface area contributed by atoms with Gasteiger partial charge < -0.3 is 16.0 Å². The first-order valence-corrected chi connectivity index (χ1v) is 8.31. The molecular formula is C12H15ClN4O3S. The number of sulfonamides is 1. The molecule has 0 radical (unpaired) electrons. The van der Waals surface area contributed by atoms with Crippen LogP contribution < -0.4 is 11.1 Å². The van der Waals surface area contributed by atoms with Crippen molar-refractivity contribution in [3.05, 3.63) is 23.2 Å². The van der Waals surface area contributed by atoms with E-state index in [0.717, 1.165) is 0 Å². The molecule has 0 spiro atoms. The van der Waals surface area contributed by atoms with E-state index in [1.165, 1.54) is 16.4 Å². The van der Waals surface area contributed by atoms with Gasteiger partial charge in [-0.3, -0.25) is 0 Å². The summed E-state index contributed by atoms with van der Waals surface area (Å²) in [4.78, 5) is 13.2. The Morgan fingerprint density at radius 3 is 2.86 bits per heavy atom. The molecule has 1 aromatic carbocycles. The molecule has 7 nitrogen and oxygen atoms in total. The minimum atomic E-state index is -3.71. The number of nitrogens with two attached hydrogens (primary N) is 1. The molecule has 9 heteroatoms. The van der Waals surface area contributed by atoms with Gasteiger partial charge in [-0.2, -0.15) is 4.31 Å². The van der Waals surface area contributed by atoms with Gasteiger partial charge in [0.05, 0.1) is 11.7 Å². The van der Waals surface area contributed by atoms with Crippen molar-refractivity contribution in [2.45, 2.75) is 10.9 Å². The van der Waals surface area contributed by atoms with Crippen molar-refractivity contribution in [3.8, 4) is 0 Å². The van der Waals surface area contributed by atoms with Gasteiger partial charge in [0.2, 0.25) is 10.0 Å². The van der Waals surface area contributed by atoms with E-state index in [-0.39, 0.29) is 35.7 Å². The van der Waals surface area contributed by atoms with Crippen LogP contribution in [-0.4, -0.2) is 55.9 Å². The molecule has 2 saturated heterocycles. The number of rotatable bonds is 2. The Morgan fingerprint density at radius 2 is 2.10 bits per heavy atom. The number of nitrogens with zero attached hydrogens (tertiary/aromatic N) is 2. The molecular weight excluding hydrogens is 316 g/mol. The molecule has 0 aliphatic carbocycles. The maximum absolute atomic E-state index is 12.7. The van der Waals surface area contributed by atoms with Crippen LogP contribution in [0.15, 0.2) is 23.1 Å². The zero-order chi connectivity index (χ0) is 15.2. The number of carbonyl (C=O) groups is 1. The fourth-order valence-electron chi connectivity index (χ4n) is 2.66. The Kier molecular flexibility index (Phi) is 3.46. The number of fused-ring (bicyclic) bond motifs is 1. The predicted molar refractivity (Wildman–Crippen MR) is 78.5 cm³/mol. The smallest absolute Gasteiger partial charge is 0.317 e. The second kappa shape index (κ2) is 5.04. The van der Waals surface area contributed by atoms with E-state index in [4.69, 9.17) is 17.3 Å². The van der Waals surface area contributed by atoms with Gasteiger partial charge in [-0.15, -0.1) is 0 Å². The van der Waals surface area contributed by atoms with Gasteiger partial charge in [-0.1, -0.05) is 11.6 Å². The van der Waals surface area contributed by atoms with Gasteiger partial charge in [0, 0.05) is 31.2 Å². The summed E-state index contributed by atoms with van der Waals surface area (Å²) in [6.07, 6.45) is 0. The first-order chi connectivity index (χ1) is 9.89. The van der Waals surface area contributed by atoms with Crippen molar-refractivity contribution in [2.24, 2.45) is 0 Å². The minimum Gasteiger partial charge on any atom is -0.398 e. The SMILES string of the molecule is Nc1ccc(Cl)cc1S(=O)(=O)N1CCN2C(=O)NCC2C1. The van der Waals surface area contributed by atoms with Crippen LogP contribution in [0.2, 0.25) is 5.02 Å². The third kappa shape index (κ3) is 2.43. The van der Waals surface area contributed by atoms with Gasteiger partial charge in [-0.05, 0) is 18.2 Å². The minimum absolute atomic E-state index is 0.0146. The quantitative estimate of drug-likeness (QED) is 0.763. The molecule has 2 heterocycles. The maximum Gasteiger partial charge on any atom is 0.317 e. The number of anilines is 1. The standard InChI is InChI=1S/C12H15ClN4O3S/c13-8-1-2-10(14)11(5-8)21(19,20)16-3-4-17-9(7-16)6-15-12(17)18/h1-2,5,9H,3-4,6-7,14H2,(H,15,18). The molecule has 1 atom stereocenters. The monoisotopic (exact) mass is 330 g/mol. The Hall–Kier alpha value is -1.51. The van der Waals surface area contributed by atoms with Crippen LogP contribution in [0.5, 0.6) is 0 Å². The zero-order valence-electron chi connectivity index (χ0n) is 11.1. The van der Waals surface area contributed by atoms with Crippen molar-refractivity contribution in [2.75, 3.05) is 31.9 Å². The molecule has 2 aliphatic rings. The summed E-state index contributed by atoms with van der Waals surface area (Å²) in [5.74, 6) is 0. The van der Waals surface area contributed by atoms with E-state index >= 15 is 0 Å². The molecule has 114 valence electrons. The average Bonchev–Trinajstić information content (AvgIpc) is 2.82. The third-order valence-corrected chi connectivity index (χ3v) is 5.94. The largest absolute Gasteiger partial charge is 0.398 e. The molecule has 0 aromatic heterocycles. The summed E-state index contributed by atoms with van der Waals surface area (Å²) in [5.41, 5.74) is 5.94. The molecule has 1 aromatic rings. The Balaban J connectivity index is 1.89. The van der Waals surface area contributed by atoms with Crippen LogP contribution in [-0.2, 0) is 10.0 Å². The van der Waals surface area contributed by atoms with Crippen molar-refractivity contribution >= 4 is 33.3 Å². The summed E-state index contributed by atoms with van der Waals surface area (Å²) in [5, 5.41) is 3.03. The van der Waals surface area contributed by atoms with Crippen LogP contribution in [0.3, 0.4) is 0 Å². The number of halogens is 1. The molecule has 21 heavy (non-hydrogen) atoms. The predicted octanol–water partition coefficient (Wildman–Crippen LogP) is 0.320. The molecule has 2 fully saturated rings. The topological polar surface area (TPSA) is 95.7 Å². The van der Waals surface area contributed by atoms with E-state index < -0.39 is 10.0 Å². The Bertz CT molecular complexity index is 694. The number of nitrogen functional groups attached to an aromatic ring is 1. The summed E-state index contributed by atoms with van der Waals surface area (Å²) in [6, 6.07) is 4.11. The average molecular weight is 331 g/mol. The number of amides is 2. The van der Waals surface area contributed by atoms with E-state index in [2.05, 4.69) is 5.32 Å². The summed E-state index contributed by atoms with van der Waals surface area (Å²) in [6.45, 7) is 1.33. The fraction of sp³-hybridized carbons (Fsp3) is 0.417. The highest BCUT2D eigenvalue weighted by atomic mass is 35.5. The second-order valence-electron chi connectivity index (χ2n) is 5.08. The summed E-state index contributed by atoms with van der Waals surface area (Å²) in [7, 11) is -3.71. The maximum atomic E-state index is 12.7. The number of hydrogen-bond donors (Lipinski definition) is 2. The summed E-state index contributed by atoms with van der Waals surface area (Å²) < 4.78 is 26.7. The van der Waals surface area contributed by atoms with Gasteiger partial charge in [0.25, 0.3) is 0 Å². The molecule has 1 unspecified atom stereocenters. The fourth-order valence-corrected chi connectivity index (χ4v) is 4.51. The van der Waals surface area contributed by atoms with E-state index in [9.17, 15) is 13.2 Å². The van der Waals surface area contributed by atoms with Gasteiger partial charge in [-0.25, -0.2) is 13.2 Å². The first kappa shape index (κ1) is 14.4. The zero-order valence-corrected chi connectivity index (χ0v) is 12.7. The van der Waals surface area contributed by atoms with Crippen LogP contribution in [0, 0.1) is 0 Å². The Morgan fingerprint density at radius 1 is 1.33 bits per heavy atom. The van der Waals surface area contributed by atoms with Crippen LogP contribution in [0.4, 0.5) is 10.5 Å². The van der Waals surface area contributed by atoms with E-state index in [1.54, 1.807) is 11.0 Å². The second-order valence-corrected chi connectivity index (χ2v) is 7.42. The lowest BCUT2D eigenvalue weighted by molar-refractivity contribution is 0.164. The molecule has 2 aliphatic heterocycles. The highest BCUT2D eigenvalue weighted by Crippen LogP contribution is 2.28. The third-order valence-electron chi connectivity index (χ3n) is 3.79. The van der Waals surface area contributed by atoms with Crippen molar-refractivity contribution in [1.29, 1.82) is 0 Å².